The minimum absolute atomic E-state index is 0.0832. The summed E-state index contributed by atoms with van der Waals surface area (Å²) in [5.41, 5.74) is 3.83. The van der Waals surface area contributed by atoms with E-state index in [1.807, 2.05) is 20.2 Å². The molecule has 1 fully saturated rings. The van der Waals surface area contributed by atoms with Crippen molar-refractivity contribution in [3.63, 3.8) is 0 Å². The number of nitrogens with one attached hydrogen (secondary N) is 1. The fourth-order valence-corrected chi connectivity index (χ4v) is 3.37. The zero-order valence-corrected chi connectivity index (χ0v) is 15.1. The van der Waals surface area contributed by atoms with Gasteiger partial charge in [-0.2, -0.15) is 5.10 Å². The Morgan fingerprint density at radius 1 is 1.38 bits per heavy atom. The summed E-state index contributed by atoms with van der Waals surface area (Å²) in [6.45, 7) is 4.97. The minimum atomic E-state index is -0.179. The molecule has 4 heterocycles. The van der Waals surface area contributed by atoms with Crippen LogP contribution in [0.4, 0.5) is 0 Å². The van der Waals surface area contributed by atoms with Crippen LogP contribution in [0, 0.1) is 13.8 Å². The van der Waals surface area contributed by atoms with Crippen LogP contribution in [0.15, 0.2) is 16.8 Å². The monoisotopic (exact) mass is 355 g/mol. The van der Waals surface area contributed by atoms with E-state index in [2.05, 4.69) is 20.6 Å². The molecule has 0 spiro atoms. The highest BCUT2D eigenvalue weighted by Crippen LogP contribution is 2.28. The summed E-state index contributed by atoms with van der Waals surface area (Å²) in [5.74, 6) is -0.179. The van der Waals surface area contributed by atoms with Gasteiger partial charge in [-0.05, 0) is 32.8 Å². The van der Waals surface area contributed by atoms with Crippen LogP contribution in [-0.2, 0) is 11.8 Å². The van der Waals surface area contributed by atoms with Crippen molar-refractivity contribution >= 4 is 17.0 Å². The first-order valence-corrected chi connectivity index (χ1v) is 8.70. The molecule has 1 atom stereocenters. The van der Waals surface area contributed by atoms with Crippen molar-refractivity contribution in [2.75, 3.05) is 13.2 Å². The molecule has 26 heavy (non-hydrogen) atoms. The standard InChI is InChI=1S/C18H21N5O3/c1-10-14(9-23(3)21-10)15-7-13(16-11(2)22-26-18(16)20-15)17(24)19-8-12-5-4-6-25-12/h7,9,12H,4-6,8H2,1-3H3,(H,19,24). The van der Waals surface area contributed by atoms with Crippen LogP contribution in [-0.4, -0.2) is 45.1 Å². The van der Waals surface area contributed by atoms with E-state index in [0.717, 1.165) is 30.7 Å². The lowest BCUT2D eigenvalue weighted by molar-refractivity contribution is 0.0859. The second-order valence-electron chi connectivity index (χ2n) is 6.65. The molecular formula is C18H21N5O3. The maximum Gasteiger partial charge on any atom is 0.259 e. The van der Waals surface area contributed by atoms with Crippen LogP contribution in [0.3, 0.4) is 0 Å². The van der Waals surface area contributed by atoms with Crippen molar-refractivity contribution in [1.82, 2.24) is 25.2 Å². The first-order valence-electron chi connectivity index (χ1n) is 8.70. The Morgan fingerprint density at radius 3 is 2.92 bits per heavy atom. The number of carbonyl (C=O) groups excluding carboxylic acids is 1. The van der Waals surface area contributed by atoms with Crippen molar-refractivity contribution in [2.24, 2.45) is 7.05 Å². The maximum atomic E-state index is 12.9. The first-order chi connectivity index (χ1) is 12.5. The number of aryl methyl sites for hydroxylation is 3. The number of hydrogen-bond acceptors (Lipinski definition) is 6. The summed E-state index contributed by atoms with van der Waals surface area (Å²) >= 11 is 0. The fraction of sp³-hybridized carbons (Fsp3) is 0.444. The fourth-order valence-electron chi connectivity index (χ4n) is 3.37. The van der Waals surface area contributed by atoms with Crippen molar-refractivity contribution in [1.29, 1.82) is 0 Å². The van der Waals surface area contributed by atoms with E-state index >= 15 is 0 Å². The van der Waals surface area contributed by atoms with Gasteiger partial charge in [0.1, 0.15) is 0 Å². The normalized spacial score (nSPS) is 17.1. The largest absolute Gasteiger partial charge is 0.376 e. The van der Waals surface area contributed by atoms with Gasteiger partial charge in [0.15, 0.2) is 0 Å². The SMILES string of the molecule is Cc1nn(C)cc1-c1cc(C(=O)NCC2CCCO2)c2c(C)noc2n1. The van der Waals surface area contributed by atoms with Crippen LogP contribution in [0.1, 0.15) is 34.6 Å². The Morgan fingerprint density at radius 2 is 2.23 bits per heavy atom. The summed E-state index contributed by atoms with van der Waals surface area (Å²) < 4.78 is 12.6. The van der Waals surface area contributed by atoms with Gasteiger partial charge in [-0.25, -0.2) is 4.98 Å². The number of pyridine rings is 1. The van der Waals surface area contributed by atoms with Crippen molar-refractivity contribution in [3.05, 3.63) is 29.2 Å². The molecular weight excluding hydrogens is 334 g/mol. The lowest BCUT2D eigenvalue weighted by Crippen LogP contribution is -2.32. The molecule has 4 rings (SSSR count). The first kappa shape index (κ1) is 16.7. The van der Waals surface area contributed by atoms with Gasteiger partial charge in [-0.3, -0.25) is 9.48 Å². The molecule has 1 unspecified atom stereocenters. The average molecular weight is 355 g/mol. The third-order valence-electron chi connectivity index (χ3n) is 4.67. The Bertz CT molecular complexity index is 969. The minimum Gasteiger partial charge on any atom is -0.376 e. The van der Waals surface area contributed by atoms with Crippen LogP contribution in [0.25, 0.3) is 22.4 Å². The molecule has 0 aromatic carbocycles. The van der Waals surface area contributed by atoms with Gasteiger partial charge in [0, 0.05) is 32.0 Å². The zero-order chi connectivity index (χ0) is 18.3. The number of hydrogen-bond donors (Lipinski definition) is 1. The van der Waals surface area contributed by atoms with E-state index in [1.165, 1.54) is 0 Å². The second-order valence-corrected chi connectivity index (χ2v) is 6.65. The van der Waals surface area contributed by atoms with Gasteiger partial charge in [0.05, 0.1) is 34.1 Å². The number of amides is 1. The number of rotatable bonds is 4. The number of ether oxygens (including phenoxy) is 1. The third-order valence-corrected chi connectivity index (χ3v) is 4.67. The van der Waals surface area contributed by atoms with Gasteiger partial charge >= 0.3 is 0 Å². The molecule has 0 bridgehead atoms. The van der Waals surface area contributed by atoms with E-state index in [9.17, 15) is 4.79 Å². The number of aromatic nitrogens is 4. The van der Waals surface area contributed by atoms with E-state index in [4.69, 9.17) is 9.26 Å². The van der Waals surface area contributed by atoms with E-state index in [1.54, 1.807) is 17.7 Å². The maximum absolute atomic E-state index is 12.9. The zero-order valence-electron chi connectivity index (χ0n) is 15.1. The topological polar surface area (TPSA) is 95.1 Å². The number of fused-ring (bicyclic) bond motifs is 1. The molecule has 3 aromatic rings. The quantitative estimate of drug-likeness (QED) is 0.770. The highest BCUT2D eigenvalue weighted by molar-refractivity contribution is 6.07. The molecule has 1 saturated heterocycles. The summed E-state index contributed by atoms with van der Waals surface area (Å²) in [7, 11) is 1.85. The molecule has 1 aliphatic heterocycles. The highest BCUT2D eigenvalue weighted by atomic mass is 16.5. The van der Waals surface area contributed by atoms with Gasteiger partial charge in [-0.15, -0.1) is 0 Å². The molecule has 0 aliphatic carbocycles. The third kappa shape index (κ3) is 2.96. The van der Waals surface area contributed by atoms with Gasteiger partial charge < -0.3 is 14.6 Å². The van der Waals surface area contributed by atoms with Crippen LogP contribution >= 0.6 is 0 Å². The summed E-state index contributed by atoms with van der Waals surface area (Å²) in [6.07, 6.45) is 3.97. The molecule has 0 saturated carbocycles. The molecule has 3 aromatic heterocycles. The van der Waals surface area contributed by atoms with Gasteiger partial charge in [0.25, 0.3) is 11.6 Å². The molecule has 1 aliphatic rings. The molecule has 1 amide bonds. The molecule has 8 nitrogen and oxygen atoms in total. The number of carbonyl (C=O) groups is 1. The Labute approximate surface area is 150 Å². The summed E-state index contributed by atoms with van der Waals surface area (Å²) in [5, 5.41) is 11.9. The highest BCUT2D eigenvalue weighted by Gasteiger charge is 2.22. The van der Waals surface area contributed by atoms with Crippen LogP contribution in [0.2, 0.25) is 0 Å². The predicted octanol–water partition coefficient (Wildman–Crippen LogP) is 2.15. The van der Waals surface area contributed by atoms with E-state index in [0.29, 0.717) is 34.6 Å². The lowest BCUT2D eigenvalue weighted by Gasteiger charge is -2.11. The van der Waals surface area contributed by atoms with E-state index in [-0.39, 0.29) is 12.0 Å². The Hall–Kier alpha value is -2.74. The van der Waals surface area contributed by atoms with Gasteiger partial charge in [-0.1, -0.05) is 5.16 Å². The summed E-state index contributed by atoms with van der Waals surface area (Å²) in [4.78, 5) is 17.4. The molecule has 136 valence electrons. The second kappa shape index (κ2) is 6.53. The molecule has 1 N–H and O–H groups in total. The van der Waals surface area contributed by atoms with Gasteiger partial charge in [0.2, 0.25) is 0 Å². The van der Waals surface area contributed by atoms with Crippen molar-refractivity contribution in [2.45, 2.75) is 32.8 Å². The Kier molecular flexibility index (Phi) is 4.20. The number of nitrogens with zero attached hydrogens (tertiary/aromatic N) is 4. The Balaban J connectivity index is 1.72. The lowest BCUT2D eigenvalue weighted by atomic mass is 10.1. The van der Waals surface area contributed by atoms with Crippen LogP contribution < -0.4 is 5.32 Å². The van der Waals surface area contributed by atoms with Crippen molar-refractivity contribution < 1.29 is 14.1 Å². The average Bonchev–Trinajstić information content (AvgIpc) is 3.33. The smallest absolute Gasteiger partial charge is 0.259 e. The molecule has 0 radical (unpaired) electrons. The molecule has 8 heteroatoms. The summed E-state index contributed by atoms with van der Waals surface area (Å²) in [6, 6.07) is 1.78. The predicted molar refractivity (Wildman–Crippen MR) is 94.8 cm³/mol. The van der Waals surface area contributed by atoms with Crippen LogP contribution in [0.5, 0.6) is 0 Å². The van der Waals surface area contributed by atoms with Crippen molar-refractivity contribution in [3.8, 4) is 11.3 Å². The van der Waals surface area contributed by atoms with E-state index < -0.39 is 0 Å².